The fraction of sp³-hybridized carbons (Fsp3) is 0. The SMILES string of the molecule is NC(=O)c1cc(C(N)=O)cc(S(=O)(=O)Cl)c1. The van der Waals surface area contributed by atoms with Crippen LogP contribution in [0.1, 0.15) is 20.7 Å². The minimum atomic E-state index is -4.06. The summed E-state index contributed by atoms with van der Waals surface area (Å²) in [6.45, 7) is 0. The van der Waals surface area contributed by atoms with E-state index in [4.69, 9.17) is 22.1 Å². The first-order valence-corrected chi connectivity index (χ1v) is 6.22. The van der Waals surface area contributed by atoms with Gasteiger partial charge in [0.2, 0.25) is 11.8 Å². The van der Waals surface area contributed by atoms with Crippen LogP contribution >= 0.6 is 10.7 Å². The fourth-order valence-electron chi connectivity index (χ4n) is 1.02. The monoisotopic (exact) mass is 262 g/mol. The van der Waals surface area contributed by atoms with Gasteiger partial charge in [0.1, 0.15) is 0 Å². The van der Waals surface area contributed by atoms with Crippen LogP contribution in [0.2, 0.25) is 0 Å². The molecule has 86 valence electrons. The number of amides is 2. The lowest BCUT2D eigenvalue weighted by atomic mass is 10.1. The van der Waals surface area contributed by atoms with E-state index in [0.29, 0.717) is 0 Å². The molecule has 4 N–H and O–H groups in total. The summed E-state index contributed by atoms with van der Waals surface area (Å²) >= 11 is 0. The summed E-state index contributed by atoms with van der Waals surface area (Å²) in [7, 11) is 1.02. The summed E-state index contributed by atoms with van der Waals surface area (Å²) in [5.74, 6) is -1.77. The molecule has 16 heavy (non-hydrogen) atoms. The Bertz CT molecular complexity index is 535. The summed E-state index contributed by atoms with van der Waals surface area (Å²) in [6.07, 6.45) is 0. The third-order valence-electron chi connectivity index (χ3n) is 1.76. The zero-order valence-electron chi connectivity index (χ0n) is 7.81. The van der Waals surface area contributed by atoms with Gasteiger partial charge in [-0.1, -0.05) is 0 Å². The van der Waals surface area contributed by atoms with Gasteiger partial charge in [0, 0.05) is 21.8 Å². The lowest BCUT2D eigenvalue weighted by Gasteiger charge is -2.03. The number of carbonyl (C=O) groups is 2. The van der Waals surface area contributed by atoms with Gasteiger partial charge in [-0.25, -0.2) is 8.42 Å². The van der Waals surface area contributed by atoms with E-state index < -0.39 is 25.8 Å². The van der Waals surface area contributed by atoms with Crippen LogP contribution < -0.4 is 11.5 Å². The third-order valence-corrected chi connectivity index (χ3v) is 3.09. The van der Waals surface area contributed by atoms with Crippen LogP contribution in [-0.4, -0.2) is 20.2 Å². The Morgan fingerprint density at radius 2 is 1.38 bits per heavy atom. The molecule has 0 unspecified atom stereocenters. The second-order valence-electron chi connectivity index (χ2n) is 2.91. The normalized spacial score (nSPS) is 11.1. The minimum Gasteiger partial charge on any atom is -0.366 e. The van der Waals surface area contributed by atoms with Crippen molar-refractivity contribution in [1.29, 1.82) is 0 Å². The van der Waals surface area contributed by atoms with E-state index in [2.05, 4.69) is 0 Å². The van der Waals surface area contributed by atoms with Crippen molar-refractivity contribution >= 4 is 31.5 Å². The zero-order valence-corrected chi connectivity index (χ0v) is 9.38. The first-order valence-electron chi connectivity index (χ1n) is 3.91. The Morgan fingerprint density at radius 3 is 1.62 bits per heavy atom. The topological polar surface area (TPSA) is 120 Å². The number of rotatable bonds is 3. The Kier molecular flexibility index (Phi) is 3.20. The quantitative estimate of drug-likeness (QED) is 0.734. The van der Waals surface area contributed by atoms with Gasteiger partial charge in [0.25, 0.3) is 9.05 Å². The van der Waals surface area contributed by atoms with Crippen molar-refractivity contribution in [3.05, 3.63) is 29.3 Å². The van der Waals surface area contributed by atoms with Gasteiger partial charge in [-0.2, -0.15) is 0 Å². The van der Waals surface area contributed by atoms with Crippen LogP contribution in [0, 0.1) is 0 Å². The second-order valence-corrected chi connectivity index (χ2v) is 5.48. The van der Waals surface area contributed by atoms with Crippen LogP contribution in [-0.2, 0) is 9.05 Å². The van der Waals surface area contributed by atoms with Crippen LogP contribution in [0.3, 0.4) is 0 Å². The Labute approximate surface area is 95.6 Å². The summed E-state index contributed by atoms with van der Waals surface area (Å²) < 4.78 is 22.1. The standard InChI is InChI=1S/C8H7ClN2O4S/c9-16(14,15)6-2-4(7(10)12)1-5(3-6)8(11)13/h1-3H,(H2,10,12)(H2,11,13). The maximum Gasteiger partial charge on any atom is 0.261 e. The van der Waals surface area contributed by atoms with Gasteiger partial charge in [-0.3, -0.25) is 9.59 Å². The molecule has 2 amide bonds. The molecule has 0 spiro atoms. The maximum atomic E-state index is 11.0. The van der Waals surface area contributed by atoms with Gasteiger partial charge in [-0.15, -0.1) is 0 Å². The van der Waals surface area contributed by atoms with Crippen molar-refractivity contribution in [2.45, 2.75) is 4.90 Å². The fourth-order valence-corrected chi connectivity index (χ4v) is 1.83. The number of benzene rings is 1. The largest absolute Gasteiger partial charge is 0.366 e. The molecule has 0 saturated carbocycles. The van der Waals surface area contributed by atoms with Crippen molar-refractivity contribution in [2.24, 2.45) is 11.5 Å². The lowest BCUT2D eigenvalue weighted by molar-refractivity contribution is 0.0999. The number of carbonyl (C=O) groups excluding carboxylic acids is 2. The average molecular weight is 263 g/mol. The number of nitrogens with two attached hydrogens (primary N) is 2. The van der Waals surface area contributed by atoms with E-state index in [1.165, 1.54) is 0 Å². The summed E-state index contributed by atoms with van der Waals surface area (Å²) in [6, 6.07) is 3.03. The summed E-state index contributed by atoms with van der Waals surface area (Å²) in [4.78, 5) is 21.4. The highest BCUT2D eigenvalue weighted by Crippen LogP contribution is 2.18. The van der Waals surface area contributed by atoms with Crippen molar-refractivity contribution in [3.8, 4) is 0 Å². The number of hydrogen-bond donors (Lipinski definition) is 2. The maximum absolute atomic E-state index is 11.0. The smallest absolute Gasteiger partial charge is 0.261 e. The van der Waals surface area contributed by atoms with Crippen molar-refractivity contribution in [1.82, 2.24) is 0 Å². The molecule has 8 heteroatoms. The van der Waals surface area contributed by atoms with Crippen LogP contribution in [0.15, 0.2) is 23.1 Å². The van der Waals surface area contributed by atoms with Crippen molar-refractivity contribution in [2.75, 3.05) is 0 Å². The molecule has 6 nitrogen and oxygen atoms in total. The molecule has 0 saturated heterocycles. The highest BCUT2D eigenvalue weighted by Gasteiger charge is 2.16. The van der Waals surface area contributed by atoms with E-state index in [0.717, 1.165) is 18.2 Å². The molecule has 0 aliphatic heterocycles. The average Bonchev–Trinajstić information content (AvgIpc) is 2.15. The van der Waals surface area contributed by atoms with Gasteiger partial charge in [0.15, 0.2) is 0 Å². The molecule has 1 aromatic carbocycles. The van der Waals surface area contributed by atoms with Gasteiger partial charge in [-0.05, 0) is 18.2 Å². The zero-order chi connectivity index (χ0) is 12.5. The molecular formula is C8H7ClN2O4S. The van der Waals surface area contributed by atoms with Gasteiger partial charge in [0.05, 0.1) is 4.90 Å². The van der Waals surface area contributed by atoms with Crippen LogP contribution in [0.25, 0.3) is 0 Å². The predicted molar refractivity (Wildman–Crippen MR) is 56.5 cm³/mol. The van der Waals surface area contributed by atoms with E-state index in [1.807, 2.05) is 0 Å². The first kappa shape index (κ1) is 12.5. The van der Waals surface area contributed by atoms with E-state index >= 15 is 0 Å². The molecule has 1 aromatic rings. The molecule has 1 rings (SSSR count). The highest BCUT2D eigenvalue weighted by molar-refractivity contribution is 8.13. The van der Waals surface area contributed by atoms with E-state index in [-0.39, 0.29) is 11.1 Å². The molecular weight excluding hydrogens is 256 g/mol. The summed E-state index contributed by atoms with van der Waals surface area (Å²) in [5.41, 5.74) is 9.62. The highest BCUT2D eigenvalue weighted by atomic mass is 35.7. The molecule has 0 aliphatic carbocycles. The molecule has 0 aromatic heterocycles. The number of hydrogen-bond acceptors (Lipinski definition) is 4. The van der Waals surface area contributed by atoms with E-state index in [9.17, 15) is 18.0 Å². The van der Waals surface area contributed by atoms with Crippen molar-refractivity contribution in [3.63, 3.8) is 0 Å². The Balaban J connectivity index is 3.54. The molecule has 0 aliphatic rings. The Hall–Kier alpha value is -1.60. The van der Waals surface area contributed by atoms with Crippen LogP contribution in [0.4, 0.5) is 0 Å². The van der Waals surface area contributed by atoms with Gasteiger partial charge < -0.3 is 11.5 Å². The first-order chi connectivity index (χ1) is 7.21. The molecule has 0 atom stereocenters. The predicted octanol–water partition coefficient (Wildman–Crippen LogP) is -0.188. The van der Waals surface area contributed by atoms with Crippen LogP contribution in [0.5, 0.6) is 0 Å². The minimum absolute atomic E-state index is 0.157. The lowest BCUT2D eigenvalue weighted by Crippen LogP contribution is -2.16. The second kappa shape index (κ2) is 4.11. The Morgan fingerprint density at radius 1 is 1.00 bits per heavy atom. The van der Waals surface area contributed by atoms with Gasteiger partial charge >= 0.3 is 0 Å². The number of primary amides is 2. The summed E-state index contributed by atoms with van der Waals surface area (Å²) in [5, 5.41) is 0. The molecule has 0 heterocycles. The van der Waals surface area contributed by atoms with Crippen molar-refractivity contribution < 1.29 is 18.0 Å². The molecule has 0 radical (unpaired) electrons. The van der Waals surface area contributed by atoms with E-state index in [1.54, 1.807) is 0 Å². The third kappa shape index (κ3) is 2.71. The molecule has 0 fully saturated rings. The molecule has 0 bridgehead atoms. The number of halogens is 1.